The van der Waals surface area contributed by atoms with Crippen LogP contribution in [0, 0.1) is 0 Å². The van der Waals surface area contributed by atoms with Crippen molar-refractivity contribution in [2.75, 3.05) is 0 Å². The van der Waals surface area contributed by atoms with Gasteiger partial charge in [0.15, 0.2) is 0 Å². The molecule has 0 heterocycles. The molecule has 0 saturated carbocycles. The number of hydrogen-bond acceptors (Lipinski definition) is 4. The number of nitrogens with two attached hydrogens (primary N) is 3. The quantitative estimate of drug-likeness (QED) is 0.220. The average Bonchev–Trinajstić information content (AvgIpc) is 1.31. The largest absolute Gasteiger partial charge is 0.311 e. The summed E-state index contributed by atoms with van der Waals surface area (Å²) < 4.78 is 0. The molecule has 0 aromatic carbocycles. The molecular weight excluding hydrogens is 92.1 g/mol. The summed E-state index contributed by atoms with van der Waals surface area (Å²) in [6.07, 6.45) is 0. The molecule has 44 valence electrons. The van der Waals surface area contributed by atoms with Gasteiger partial charge in [0.25, 0.3) is 0 Å². The highest BCUT2D eigenvalue weighted by Crippen LogP contribution is 1.92. The first-order valence-electron chi connectivity index (χ1n) is 2.03. The Kier molecular flexibility index (Phi) is 1.71. The van der Waals surface area contributed by atoms with Gasteiger partial charge in [-0.1, -0.05) is 0 Å². The number of hydrogen-bond donors (Lipinski definition) is 3. The maximum Gasteiger partial charge on any atom is 0.0914 e. The smallest absolute Gasteiger partial charge is 0.0914 e. The lowest BCUT2D eigenvalue weighted by Crippen LogP contribution is -2.58. The third kappa shape index (κ3) is 2.52. The highest BCUT2D eigenvalue weighted by molar-refractivity contribution is 4.62. The predicted molar refractivity (Wildman–Crippen MR) is 28.5 cm³/mol. The Balaban J connectivity index is 3.54. The Morgan fingerprint density at radius 2 is 1.43 bits per heavy atom. The first-order valence-corrected chi connectivity index (χ1v) is 2.03. The van der Waals surface area contributed by atoms with Crippen LogP contribution in [0.2, 0.25) is 0 Å². The minimum Gasteiger partial charge on any atom is -0.311 e. The summed E-state index contributed by atoms with van der Waals surface area (Å²) in [5, 5.41) is 0.965. The zero-order chi connectivity index (χ0) is 6.08. The molecule has 0 saturated heterocycles. The zero-order valence-electron chi connectivity index (χ0n) is 4.68. The lowest BCUT2D eigenvalue weighted by atomic mass is 10.3. The summed E-state index contributed by atoms with van der Waals surface area (Å²) in [7, 11) is 0. The third-order valence-corrected chi connectivity index (χ3v) is 0.665. The average molecular weight is 104 g/mol. The van der Waals surface area contributed by atoms with Gasteiger partial charge in [0.05, 0.1) is 5.66 Å². The van der Waals surface area contributed by atoms with E-state index in [0.717, 1.165) is 5.12 Å². The molecule has 0 aromatic rings. The molecule has 0 fully saturated rings. The van der Waals surface area contributed by atoms with Crippen LogP contribution in [0.4, 0.5) is 0 Å². The van der Waals surface area contributed by atoms with Crippen LogP contribution in [-0.2, 0) is 0 Å². The van der Waals surface area contributed by atoms with Gasteiger partial charge in [-0.15, -0.1) is 0 Å². The topological polar surface area (TPSA) is 81.3 Å². The summed E-state index contributed by atoms with van der Waals surface area (Å²) in [4.78, 5) is 0. The van der Waals surface area contributed by atoms with E-state index in [-0.39, 0.29) is 0 Å². The highest BCUT2D eigenvalue weighted by Gasteiger charge is 2.12. The van der Waals surface area contributed by atoms with Crippen molar-refractivity contribution < 1.29 is 0 Å². The van der Waals surface area contributed by atoms with Gasteiger partial charge in [-0.25, -0.2) is 0 Å². The highest BCUT2D eigenvalue weighted by atomic mass is 15.6. The summed E-state index contributed by atoms with van der Waals surface area (Å²) in [5.41, 5.74) is 4.74. The van der Waals surface area contributed by atoms with E-state index in [1.54, 1.807) is 13.8 Å². The van der Waals surface area contributed by atoms with Crippen molar-refractivity contribution in [3.05, 3.63) is 0 Å². The van der Waals surface area contributed by atoms with Crippen molar-refractivity contribution in [3.63, 3.8) is 0 Å². The number of rotatable bonds is 1. The molecule has 6 N–H and O–H groups in total. The minimum atomic E-state index is -0.611. The molecule has 4 nitrogen and oxygen atoms in total. The molecule has 0 unspecified atom stereocenters. The van der Waals surface area contributed by atoms with Crippen molar-refractivity contribution >= 4 is 0 Å². The van der Waals surface area contributed by atoms with E-state index in [2.05, 4.69) is 0 Å². The molecule has 0 radical (unpaired) electrons. The van der Waals surface area contributed by atoms with Crippen molar-refractivity contribution in [1.29, 1.82) is 0 Å². The first-order chi connectivity index (χ1) is 2.94. The Morgan fingerprint density at radius 1 is 1.29 bits per heavy atom. The lowest BCUT2D eigenvalue weighted by molar-refractivity contribution is 0.129. The third-order valence-electron chi connectivity index (χ3n) is 0.665. The normalized spacial score (nSPS) is 12.9. The molecule has 0 aliphatic heterocycles. The van der Waals surface area contributed by atoms with E-state index in [9.17, 15) is 0 Å². The van der Waals surface area contributed by atoms with Crippen LogP contribution < -0.4 is 17.4 Å². The minimum absolute atomic E-state index is 0.611. The number of nitrogens with zero attached hydrogens (tertiary/aromatic N) is 1. The van der Waals surface area contributed by atoms with Crippen LogP contribution >= 0.6 is 0 Å². The van der Waals surface area contributed by atoms with E-state index in [1.807, 2.05) is 0 Å². The van der Waals surface area contributed by atoms with Gasteiger partial charge in [0.1, 0.15) is 0 Å². The van der Waals surface area contributed by atoms with Gasteiger partial charge in [0, 0.05) is 0 Å². The van der Waals surface area contributed by atoms with Crippen LogP contribution in [0.25, 0.3) is 0 Å². The molecule has 0 rings (SSSR count). The van der Waals surface area contributed by atoms with Gasteiger partial charge in [-0.2, -0.15) is 5.12 Å². The predicted octanol–water partition coefficient (Wildman–Crippen LogP) is -1.27. The summed E-state index contributed by atoms with van der Waals surface area (Å²) >= 11 is 0. The molecule has 0 atom stereocenters. The molecule has 4 heteroatoms. The van der Waals surface area contributed by atoms with E-state index >= 15 is 0 Å². The SMILES string of the molecule is CC(C)(N)N(N)N. The maximum atomic E-state index is 5.35. The summed E-state index contributed by atoms with van der Waals surface area (Å²) in [6, 6.07) is 0. The zero-order valence-corrected chi connectivity index (χ0v) is 4.68. The molecule has 0 aliphatic rings. The van der Waals surface area contributed by atoms with Gasteiger partial charge < -0.3 is 5.73 Å². The van der Waals surface area contributed by atoms with Gasteiger partial charge in [0.2, 0.25) is 0 Å². The standard InChI is InChI=1S/C3H12N4/c1-3(2,4)7(5)6/h4-6H2,1-2H3. The summed E-state index contributed by atoms with van der Waals surface area (Å²) in [6.45, 7) is 3.43. The molecule has 0 amide bonds. The van der Waals surface area contributed by atoms with Gasteiger partial charge in [-0.05, 0) is 13.8 Å². The van der Waals surface area contributed by atoms with E-state index in [1.165, 1.54) is 0 Å². The Hall–Kier alpha value is -0.160. The Labute approximate surface area is 43.2 Å². The van der Waals surface area contributed by atoms with Crippen LogP contribution in [0.15, 0.2) is 0 Å². The lowest BCUT2D eigenvalue weighted by Gasteiger charge is -2.25. The van der Waals surface area contributed by atoms with Crippen LogP contribution in [0.1, 0.15) is 13.8 Å². The molecule has 7 heavy (non-hydrogen) atoms. The fourth-order valence-electron chi connectivity index (χ4n) is 0. The van der Waals surface area contributed by atoms with Crippen molar-refractivity contribution in [1.82, 2.24) is 5.12 Å². The molecule has 0 aliphatic carbocycles. The number of hydrazine groups is 2. The van der Waals surface area contributed by atoms with E-state index in [0.29, 0.717) is 0 Å². The van der Waals surface area contributed by atoms with Gasteiger partial charge in [-0.3, -0.25) is 11.7 Å². The van der Waals surface area contributed by atoms with Crippen LogP contribution in [-0.4, -0.2) is 10.8 Å². The molecule has 0 bridgehead atoms. The Bertz CT molecular complexity index is 52.4. The molecule has 0 aromatic heterocycles. The van der Waals surface area contributed by atoms with E-state index in [4.69, 9.17) is 17.4 Å². The molecular formula is C3H12N4. The molecule has 0 spiro atoms. The van der Waals surface area contributed by atoms with Crippen molar-refractivity contribution in [2.45, 2.75) is 19.5 Å². The Morgan fingerprint density at radius 3 is 1.43 bits per heavy atom. The second kappa shape index (κ2) is 1.75. The maximum absolute atomic E-state index is 5.35. The monoisotopic (exact) mass is 104 g/mol. The van der Waals surface area contributed by atoms with Crippen LogP contribution in [0.5, 0.6) is 0 Å². The fraction of sp³-hybridized carbons (Fsp3) is 1.00. The fourth-order valence-corrected chi connectivity index (χ4v) is 0. The first kappa shape index (κ1) is 6.84. The van der Waals surface area contributed by atoms with Gasteiger partial charge >= 0.3 is 0 Å². The summed E-state index contributed by atoms with van der Waals surface area (Å²) in [5.74, 6) is 10.1. The second-order valence-corrected chi connectivity index (χ2v) is 2.06. The van der Waals surface area contributed by atoms with E-state index < -0.39 is 5.66 Å². The van der Waals surface area contributed by atoms with Crippen molar-refractivity contribution in [3.8, 4) is 0 Å². The second-order valence-electron chi connectivity index (χ2n) is 2.06. The van der Waals surface area contributed by atoms with Crippen molar-refractivity contribution in [2.24, 2.45) is 17.4 Å². The van der Waals surface area contributed by atoms with Crippen LogP contribution in [0.3, 0.4) is 0 Å².